The van der Waals surface area contributed by atoms with Crippen LogP contribution in [0.25, 0.3) is 0 Å². The van der Waals surface area contributed by atoms with E-state index in [1.165, 1.54) is 11.1 Å². The van der Waals surface area contributed by atoms with Gasteiger partial charge in [-0.3, -0.25) is 0 Å². The third-order valence-corrected chi connectivity index (χ3v) is 3.38. The van der Waals surface area contributed by atoms with E-state index in [4.69, 9.17) is 10.5 Å². The molecule has 0 bridgehead atoms. The Morgan fingerprint density at radius 2 is 2.00 bits per heavy atom. The standard InChI is InChI=1S/C14H15NO/c1-9-10-5-2-3-6-11(10)12-7-4-8-13(15)14(12)16-9/h2-6,8-9,12H,7,15H2,1H3. The van der Waals surface area contributed by atoms with Crippen LogP contribution in [0.5, 0.6) is 0 Å². The van der Waals surface area contributed by atoms with Crippen molar-refractivity contribution in [3.05, 3.63) is 59.0 Å². The van der Waals surface area contributed by atoms with Crippen LogP contribution in [-0.4, -0.2) is 0 Å². The topological polar surface area (TPSA) is 35.2 Å². The Bertz CT molecular complexity index is 487. The molecular formula is C14H15NO. The van der Waals surface area contributed by atoms with E-state index in [9.17, 15) is 0 Å². The molecule has 1 aliphatic heterocycles. The summed E-state index contributed by atoms with van der Waals surface area (Å²) in [5.41, 5.74) is 9.41. The predicted octanol–water partition coefficient (Wildman–Crippen LogP) is 2.99. The third kappa shape index (κ3) is 1.26. The van der Waals surface area contributed by atoms with E-state index >= 15 is 0 Å². The first-order valence-electron chi connectivity index (χ1n) is 5.69. The van der Waals surface area contributed by atoms with Gasteiger partial charge in [0.15, 0.2) is 0 Å². The van der Waals surface area contributed by atoms with Crippen molar-refractivity contribution < 1.29 is 4.74 Å². The fourth-order valence-electron chi connectivity index (χ4n) is 2.59. The largest absolute Gasteiger partial charge is 0.488 e. The second-order valence-electron chi connectivity index (χ2n) is 4.40. The summed E-state index contributed by atoms with van der Waals surface area (Å²) in [7, 11) is 0. The average molecular weight is 213 g/mol. The Morgan fingerprint density at radius 1 is 1.25 bits per heavy atom. The van der Waals surface area contributed by atoms with Gasteiger partial charge in [-0.2, -0.15) is 0 Å². The van der Waals surface area contributed by atoms with Crippen LogP contribution in [0, 0.1) is 0 Å². The molecule has 0 amide bonds. The Labute approximate surface area is 95.4 Å². The molecule has 0 radical (unpaired) electrons. The average Bonchev–Trinajstić information content (AvgIpc) is 2.31. The van der Waals surface area contributed by atoms with Crippen LogP contribution in [-0.2, 0) is 4.74 Å². The van der Waals surface area contributed by atoms with Gasteiger partial charge < -0.3 is 10.5 Å². The van der Waals surface area contributed by atoms with Crippen molar-refractivity contribution in [2.45, 2.75) is 25.4 Å². The monoisotopic (exact) mass is 213 g/mol. The highest BCUT2D eigenvalue weighted by atomic mass is 16.5. The molecule has 1 aromatic rings. The number of nitrogens with two attached hydrogens (primary N) is 1. The highest BCUT2D eigenvalue weighted by Crippen LogP contribution is 2.44. The molecule has 16 heavy (non-hydrogen) atoms. The van der Waals surface area contributed by atoms with Crippen molar-refractivity contribution in [3.63, 3.8) is 0 Å². The van der Waals surface area contributed by atoms with Crippen LogP contribution in [0.1, 0.15) is 36.5 Å². The molecule has 3 rings (SSSR count). The summed E-state index contributed by atoms with van der Waals surface area (Å²) < 4.78 is 5.93. The minimum absolute atomic E-state index is 0.104. The maximum atomic E-state index is 5.98. The van der Waals surface area contributed by atoms with Gasteiger partial charge in [0.2, 0.25) is 0 Å². The molecule has 0 spiro atoms. The molecule has 0 saturated carbocycles. The van der Waals surface area contributed by atoms with Crippen molar-refractivity contribution >= 4 is 0 Å². The molecule has 82 valence electrons. The third-order valence-electron chi connectivity index (χ3n) is 3.38. The number of fused-ring (bicyclic) bond motifs is 3. The van der Waals surface area contributed by atoms with Gasteiger partial charge >= 0.3 is 0 Å². The Morgan fingerprint density at radius 3 is 2.81 bits per heavy atom. The van der Waals surface area contributed by atoms with E-state index in [0.717, 1.165) is 17.9 Å². The molecule has 2 nitrogen and oxygen atoms in total. The van der Waals surface area contributed by atoms with E-state index in [1.54, 1.807) is 0 Å². The van der Waals surface area contributed by atoms with Crippen molar-refractivity contribution in [1.29, 1.82) is 0 Å². The quantitative estimate of drug-likeness (QED) is 0.719. The van der Waals surface area contributed by atoms with Crippen LogP contribution in [0.2, 0.25) is 0 Å². The molecular weight excluding hydrogens is 198 g/mol. The lowest BCUT2D eigenvalue weighted by molar-refractivity contribution is 0.101. The summed E-state index contributed by atoms with van der Waals surface area (Å²) >= 11 is 0. The van der Waals surface area contributed by atoms with Gasteiger partial charge in [-0.25, -0.2) is 0 Å². The van der Waals surface area contributed by atoms with E-state index in [1.807, 2.05) is 6.08 Å². The first-order valence-corrected chi connectivity index (χ1v) is 5.69. The number of rotatable bonds is 0. The first kappa shape index (κ1) is 9.52. The van der Waals surface area contributed by atoms with Crippen LogP contribution in [0.15, 0.2) is 47.9 Å². The maximum Gasteiger partial charge on any atom is 0.127 e. The molecule has 2 atom stereocenters. The molecule has 1 aromatic carbocycles. The van der Waals surface area contributed by atoms with Crippen LogP contribution in [0.3, 0.4) is 0 Å². The molecule has 2 unspecified atom stereocenters. The second kappa shape index (κ2) is 3.41. The van der Waals surface area contributed by atoms with Crippen molar-refractivity contribution in [2.24, 2.45) is 5.73 Å². The molecule has 2 aliphatic rings. The Balaban J connectivity index is 2.17. The van der Waals surface area contributed by atoms with Gasteiger partial charge in [-0.05, 0) is 30.5 Å². The minimum Gasteiger partial charge on any atom is -0.488 e. The number of ether oxygens (including phenoxy) is 1. The van der Waals surface area contributed by atoms with Gasteiger partial charge in [0.25, 0.3) is 0 Å². The summed E-state index contributed by atoms with van der Waals surface area (Å²) in [6, 6.07) is 8.48. The molecule has 1 heterocycles. The smallest absolute Gasteiger partial charge is 0.127 e. The molecule has 2 heteroatoms. The van der Waals surface area contributed by atoms with Crippen molar-refractivity contribution in [1.82, 2.24) is 0 Å². The normalized spacial score (nSPS) is 27.1. The van der Waals surface area contributed by atoms with Crippen molar-refractivity contribution in [2.75, 3.05) is 0 Å². The number of hydrogen-bond acceptors (Lipinski definition) is 2. The summed E-state index contributed by atoms with van der Waals surface area (Å²) in [5.74, 6) is 1.27. The molecule has 0 aromatic heterocycles. The zero-order valence-electron chi connectivity index (χ0n) is 9.31. The number of hydrogen-bond donors (Lipinski definition) is 1. The van der Waals surface area contributed by atoms with Gasteiger partial charge in [0, 0.05) is 5.92 Å². The van der Waals surface area contributed by atoms with Gasteiger partial charge in [0.05, 0.1) is 5.70 Å². The summed E-state index contributed by atoms with van der Waals surface area (Å²) in [6.07, 6.45) is 5.17. The highest BCUT2D eigenvalue weighted by molar-refractivity contribution is 5.43. The zero-order chi connectivity index (χ0) is 11.1. The Hall–Kier alpha value is -1.70. The van der Waals surface area contributed by atoms with E-state index in [-0.39, 0.29) is 6.10 Å². The lowest BCUT2D eigenvalue weighted by Crippen LogP contribution is -2.22. The van der Waals surface area contributed by atoms with Gasteiger partial charge in [-0.1, -0.05) is 30.3 Å². The molecule has 1 aliphatic carbocycles. The van der Waals surface area contributed by atoms with E-state index in [2.05, 4.69) is 37.3 Å². The number of allylic oxidation sites excluding steroid dienone is 3. The molecule has 2 N–H and O–H groups in total. The SMILES string of the molecule is CC1OC2=C(N)C=CCC2c2ccccc21. The van der Waals surface area contributed by atoms with E-state index < -0.39 is 0 Å². The first-order chi connectivity index (χ1) is 7.77. The zero-order valence-corrected chi connectivity index (χ0v) is 9.31. The lowest BCUT2D eigenvalue weighted by atomic mass is 9.83. The van der Waals surface area contributed by atoms with Gasteiger partial charge in [-0.15, -0.1) is 0 Å². The predicted molar refractivity (Wildman–Crippen MR) is 63.7 cm³/mol. The fourth-order valence-corrected chi connectivity index (χ4v) is 2.59. The fraction of sp³-hybridized carbons (Fsp3) is 0.286. The highest BCUT2D eigenvalue weighted by Gasteiger charge is 2.31. The van der Waals surface area contributed by atoms with E-state index in [0.29, 0.717) is 5.92 Å². The van der Waals surface area contributed by atoms with Crippen LogP contribution < -0.4 is 5.73 Å². The Kier molecular flexibility index (Phi) is 2.03. The summed E-state index contributed by atoms with van der Waals surface area (Å²) in [6.45, 7) is 2.08. The number of benzene rings is 1. The summed E-state index contributed by atoms with van der Waals surface area (Å²) in [4.78, 5) is 0. The molecule has 0 fully saturated rings. The summed E-state index contributed by atoms with van der Waals surface area (Å²) in [5, 5.41) is 0. The minimum atomic E-state index is 0.104. The lowest BCUT2D eigenvalue weighted by Gasteiger charge is -2.34. The second-order valence-corrected chi connectivity index (χ2v) is 4.40. The van der Waals surface area contributed by atoms with Crippen LogP contribution >= 0.6 is 0 Å². The van der Waals surface area contributed by atoms with Crippen LogP contribution in [0.4, 0.5) is 0 Å². The molecule has 0 saturated heterocycles. The van der Waals surface area contributed by atoms with Gasteiger partial charge in [0.1, 0.15) is 11.9 Å². The van der Waals surface area contributed by atoms with Crippen molar-refractivity contribution in [3.8, 4) is 0 Å². The maximum absolute atomic E-state index is 5.98.